The molecule has 6 heteroatoms. The van der Waals surface area contributed by atoms with Crippen LogP contribution in [0, 0.1) is 5.82 Å². The van der Waals surface area contributed by atoms with Crippen molar-refractivity contribution in [3.63, 3.8) is 0 Å². The lowest BCUT2D eigenvalue weighted by Gasteiger charge is -2.24. The molecule has 2 N–H and O–H groups in total. The van der Waals surface area contributed by atoms with Crippen molar-refractivity contribution in [3.8, 4) is 0 Å². The van der Waals surface area contributed by atoms with Gasteiger partial charge in [0.05, 0.1) is 12.2 Å². The number of nitrogens with two attached hydrogens (primary N) is 1. The van der Waals surface area contributed by atoms with Crippen LogP contribution in [0.1, 0.15) is 12.2 Å². The fraction of sp³-hybridized carbons (Fsp3) is 0.385. The normalized spacial score (nSPS) is 10.7. The number of nitrogens with zero attached hydrogens (tertiary/aromatic N) is 4. The summed E-state index contributed by atoms with van der Waals surface area (Å²) in [5.74, 6) is 0.557. The molecule has 0 aliphatic carbocycles. The zero-order chi connectivity index (χ0) is 13.7. The summed E-state index contributed by atoms with van der Waals surface area (Å²) in [7, 11) is 1.82. The predicted molar refractivity (Wildman–Crippen MR) is 72.1 cm³/mol. The van der Waals surface area contributed by atoms with Crippen molar-refractivity contribution >= 4 is 5.69 Å². The van der Waals surface area contributed by atoms with E-state index in [9.17, 15) is 4.39 Å². The van der Waals surface area contributed by atoms with Crippen LogP contribution >= 0.6 is 0 Å². The Hall–Kier alpha value is -1.95. The number of benzene rings is 1. The molecule has 0 radical (unpaired) electrons. The molecule has 0 aliphatic heterocycles. The molecular weight excluding hydrogens is 245 g/mol. The maximum absolute atomic E-state index is 13.9. The maximum Gasteiger partial charge on any atom is 0.146 e. The summed E-state index contributed by atoms with van der Waals surface area (Å²) in [5, 5.41) is 4.03. The monoisotopic (exact) mass is 263 g/mol. The van der Waals surface area contributed by atoms with Crippen LogP contribution in [0.15, 0.2) is 30.6 Å². The smallest absolute Gasteiger partial charge is 0.146 e. The van der Waals surface area contributed by atoms with Gasteiger partial charge < -0.3 is 10.6 Å². The first kappa shape index (κ1) is 13.5. The van der Waals surface area contributed by atoms with E-state index in [4.69, 9.17) is 5.73 Å². The quantitative estimate of drug-likeness (QED) is 0.853. The average molecular weight is 263 g/mol. The van der Waals surface area contributed by atoms with E-state index in [1.54, 1.807) is 16.8 Å². The third-order valence-electron chi connectivity index (χ3n) is 2.96. The summed E-state index contributed by atoms with van der Waals surface area (Å²) >= 11 is 0. The summed E-state index contributed by atoms with van der Waals surface area (Å²) in [6.07, 6.45) is 2.30. The molecule has 0 unspecified atom stereocenters. The van der Waals surface area contributed by atoms with Gasteiger partial charge in [-0.2, -0.15) is 5.10 Å². The van der Waals surface area contributed by atoms with Gasteiger partial charge in [0.25, 0.3) is 0 Å². The minimum absolute atomic E-state index is 0.235. The van der Waals surface area contributed by atoms with Crippen molar-refractivity contribution in [1.82, 2.24) is 14.8 Å². The Morgan fingerprint density at radius 1 is 1.37 bits per heavy atom. The number of aromatic nitrogens is 3. The highest BCUT2D eigenvalue weighted by Gasteiger charge is 2.13. The molecular formula is C13H18FN5. The molecule has 19 heavy (non-hydrogen) atoms. The third kappa shape index (κ3) is 3.29. The molecule has 2 aromatic rings. The van der Waals surface area contributed by atoms with Crippen LogP contribution in [0.2, 0.25) is 0 Å². The standard InChI is InChI=1S/C13H18FN5/c1-18-13(16-10-17-18)9-19(8-4-7-15)12-6-3-2-5-11(12)14/h2-3,5-6,10H,4,7-9,15H2,1H3. The van der Waals surface area contributed by atoms with Crippen LogP contribution in [-0.4, -0.2) is 27.9 Å². The van der Waals surface area contributed by atoms with E-state index >= 15 is 0 Å². The molecule has 1 aromatic heterocycles. The Morgan fingerprint density at radius 3 is 2.79 bits per heavy atom. The van der Waals surface area contributed by atoms with E-state index in [0.29, 0.717) is 25.3 Å². The van der Waals surface area contributed by atoms with Crippen molar-refractivity contribution in [2.45, 2.75) is 13.0 Å². The summed E-state index contributed by atoms with van der Waals surface area (Å²) in [6.45, 7) is 1.77. The zero-order valence-electron chi connectivity index (χ0n) is 11.0. The number of anilines is 1. The topological polar surface area (TPSA) is 60.0 Å². The molecule has 0 atom stereocenters. The lowest BCUT2D eigenvalue weighted by molar-refractivity contribution is 0.601. The Morgan fingerprint density at radius 2 is 2.16 bits per heavy atom. The molecule has 0 saturated heterocycles. The van der Waals surface area contributed by atoms with Gasteiger partial charge in [0.2, 0.25) is 0 Å². The molecule has 0 amide bonds. The first-order chi connectivity index (χ1) is 9.22. The highest BCUT2D eigenvalue weighted by atomic mass is 19.1. The average Bonchev–Trinajstić information content (AvgIpc) is 2.81. The van der Waals surface area contributed by atoms with E-state index in [1.807, 2.05) is 18.0 Å². The van der Waals surface area contributed by atoms with Crippen molar-refractivity contribution in [2.75, 3.05) is 18.0 Å². The number of halogens is 1. The molecule has 2 rings (SSSR count). The highest BCUT2D eigenvalue weighted by molar-refractivity contribution is 5.47. The van der Waals surface area contributed by atoms with E-state index in [1.165, 1.54) is 12.4 Å². The van der Waals surface area contributed by atoms with Crippen LogP contribution in [0.4, 0.5) is 10.1 Å². The number of para-hydroxylation sites is 1. The van der Waals surface area contributed by atoms with E-state index < -0.39 is 0 Å². The third-order valence-corrected chi connectivity index (χ3v) is 2.96. The van der Waals surface area contributed by atoms with Crippen LogP contribution in [0.25, 0.3) is 0 Å². The fourth-order valence-electron chi connectivity index (χ4n) is 1.91. The number of aryl methyl sites for hydroxylation is 1. The van der Waals surface area contributed by atoms with Gasteiger partial charge in [0, 0.05) is 13.6 Å². The van der Waals surface area contributed by atoms with Gasteiger partial charge in [-0.1, -0.05) is 12.1 Å². The summed E-state index contributed by atoms with van der Waals surface area (Å²) in [4.78, 5) is 6.11. The van der Waals surface area contributed by atoms with Crippen molar-refractivity contribution in [1.29, 1.82) is 0 Å². The molecule has 0 saturated carbocycles. The Kier molecular flexibility index (Phi) is 4.46. The molecule has 5 nitrogen and oxygen atoms in total. The van der Waals surface area contributed by atoms with Crippen molar-refractivity contribution < 1.29 is 4.39 Å². The van der Waals surface area contributed by atoms with E-state index in [0.717, 1.165) is 12.2 Å². The van der Waals surface area contributed by atoms with Crippen LogP contribution in [-0.2, 0) is 13.6 Å². The second kappa shape index (κ2) is 6.29. The van der Waals surface area contributed by atoms with Crippen molar-refractivity contribution in [2.24, 2.45) is 12.8 Å². The summed E-state index contributed by atoms with van der Waals surface area (Å²) < 4.78 is 15.6. The maximum atomic E-state index is 13.9. The molecule has 102 valence electrons. The molecule has 0 spiro atoms. The van der Waals surface area contributed by atoms with Crippen LogP contribution in [0.5, 0.6) is 0 Å². The van der Waals surface area contributed by atoms with Crippen LogP contribution < -0.4 is 10.6 Å². The van der Waals surface area contributed by atoms with E-state index in [-0.39, 0.29) is 5.82 Å². The minimum atomic E-state index is -0.235. The first-order valence-corrected chi connectivity index (χ1v) is 6.25. The number of hydrogen-bond donors (Lipinski definition) is 1. The van der Waals surface area contributed by atoms with E-state index in [2.05, 4.69) is 10.1 Å². The summed E-state index contributed by atoms with van der Waals surface area (Å²) in [5.41, 5.74) is 6.11. The Bertz CT molecular complexity index is 525. The van der Waals surface area contributed by atoms with Gasteiger partial charge in [-0.25, -0.2) is 9.37 Å². The van der Waals surface area contributed by atoms with Gasteiger partial charge in [-0.15, -0.1) is 0 Å². The zero-order valence-corrected chi connectivity index (χ0v) is 11.0. The number of rotatable bonds is 6. The molecule has 0 aliphatic rings. The Balaban J connectivity index is 2.21. The predicted octanol–water partition coefficient (Wildman–Crippen LogP) is 1.31. The minimum Gasteiger partial charge on any atom is -0.362 e. The lowest BCUT2D eigenvalue weighted by Crippen LogP contribution is -2.28. The van der Waals surface area contributed by atoms with Gasteiger partial charge >= 0.3 is 0 Å². The molecule has 0 fully saturated rings. The summed E-state index contributed by atoms with van der Waals surface area (Å²) in [6, 6.07) is 6.73. The molecule has 0 bridgehead atoms. The van der Waals surface area contributed by atoms with Gasteiger partial charge in [0.15, 0.2) is 0 Å². The highest BCUT2D eigenvalue weighted by Crippen LogP contribution is 2.20. The van der Waals surface area contributed by atoms with Gasteiger partial charge in [-0.3, -0.25) is 4.68 Å². The lowest BCUT2D eigenvalue weighted by atomic mass is 10.2. The molecule has 1 aromatic carbocycles. The number of hydrogen-bond acceptors (Lipinski definition) is 4. The van der Waals surface area contributed by atoms with Crippen LogP contribution in [0.3, 0.4) is 0 Å². The van der Waals surface area contributed by atoms with Gasteiger partial charge in [-0.05, 0) is 25.1 Å². The SMILES string of the molecule is Cn1ncnc1CN(CCCN)c1ccccc1F. The van der Waals surface area contributed by atoms with Gasteiger partial charge in [0.1, 0.15) is 18.0 Å². The molecule has 1 heterocycles. The largest absolute Gasteiger partial charge is 0.362 e. The first-order valence-electron chi connectivity index (χ1n) is 6.25. The fourth-order valence-corrected chi connectivity index (χ4v) is 1.91. The second-order valence-corrected chi connectivity index (χ2v) is 4.32. The Labute approximate surface area is 111 Å². The second-order valence-electron chi connectivity index (χ2n) is 4.32. The van der Waals surface area contributed by atoms with Crippen molar-refractivity contribution in [3.05, 3.63) is 42.2 Å².